The SMILES string of the molecule is CCCCC[O].Nc1ccc(N)cc1. The van der Waals surface area contributed by atoms with Crippen LogP contribution in [0.5, 0.6) is 0 Å². The zero-order valence-electron chi connectivity index (χ0n) is 8.70. The van der Waals surface area contributed by atoms with Crippen LogP contribution in [0.3, 0.4) is 0 Å². The molecule has 0 spiro atoms. The molecule has 0 bridgehead atoms. The van der Waals surface area contributed by atoms with E-state index in [4.69, 9.17) is 11.5 Å². The number of nitrogen functional groups attached to an aromatic ring is 2. The van der Waals surface area contributed by atoms with Gasteiger partial charge in [0.15, 0.2) is 0 Å². The van der Waals surface area contributed by atoms with E-state index < -0.39 is 0 Å². The number of unbranched alkanes of at least 4 members (excludes halogenated alkanes) is 2. The second-order valence-corrected chi connectivity index (χ2v) is 3.08. The van der Waals surface area contributed by atoms with E-state index in [0.29, 0.717) is 0 Å². The van der Waals surface area contributed by atoms with Crippen LogP contribution < -0.4 is 11.5 Å². The van der Waals surface area contributed by atoms with Crippen molar-refractivity contribution in [2.24, 2.45) is 0 Å². The van der Waals surface area contributed by atoms with E-state index in [2.05, 4.69) is 6.92 Å². The van der Waals surface area contributed by atoms with E-state index in [9.17, 15) is 5.11 Å². The van der Waals surface area contributed by atoms with Crippen LogP contribution in [-0.2, 0) is 5.11 Å². The Kier molecular flexibility index (Phi) is 7.65. The van der Waals surface area contributed by atoms with E-state index in [1.165, 1.54) is 0 Å². The number of nitrogens with two attached hydrogens (primary N) is 2. The molecule has 0 aliphatic heterocycles. The fraction of sp³-hybridized carbons (Fsp3) is 0.455. The van der Waals surface area contributed by atoms with Crippen molar-refractivity contribution < 1.29 is 5.11 Å². The predicted octanol–water partition coefficient (Wildman–Crippen LogP) is 2.46. The molecular weight excluding hydrogens is 176 g/mol. The predicted molar refractivity (Wildman–Crippen MR) is 60.3 cm³/mol. The molecule has 0 aliphatic rings. The molecule has 0 amide bonds. The van der Waals surface area contributed by atoms with Gasteiger partial charge in [-0.25, -0.2) is 5.11 Å². The average Bonchev–Trinajstić information content (AvgIpc) is 2.20. The third-order valence-corrected chi connectivity index (χ3v) is 1.68. The standard InChI is InChI=1S/C6H8N2.C5H11O/c7-5-1-2-6(8)4-3-5;1-2-3-4-5-6/h1-4H,7-8H2;2-5H2,1H3. The lowest BCUT2D eigenvalue weighted by Crippen LogP contribution is -1.86. The minimum atomic E-state index is 0.105. The summed E-state index contributed by atoms with van der Waals surface area (Å²) in [7, 11) is 0. The summed E-state index contributed by atoms with van der Waals surface area (Å²) in [5, 5.41) is 9.69. The van der Waals surface area contributed by atoms with Gasteiger partial charge >= 0.3 is 0 Å². The largest absolute Gasteiger partial charge is 0.399 e. The monoisotopic (exact) mass is 195 g/mol. The summed E-state index contributed by atoms with van der Waals surface area (Å²) in [6, 6.07) is 7.09. The molecule has 0 aliphatic carbocycles. The van der Waals surface area contributed by atoms with Crippen molar-refractivity contribution in [2.75, 3.05) is 18.1 Å². The fourth-order valence-electron chi connectivity index (χ4n) is 0.848. The first kappa shape index (κ1) is 12.8. The first-order valence-corrected chi connectivity index (χ1v) is 4.89. The third kappa shape index (κ3) is 7.43. The van der Waals surface area contributed by atoms with Gasteiger partial charge in [-0.1, -0.05) is 19.8 Å². The molecule has 0 fully saturated rings. The summed E-state index contributed by atoms with van der Waals surface area (Å²) >= 11 is 0. The van der Waals surface area contributed by atoms with Crippen molar-refractivity contribution in [1.29, 1.82) is 0 Å². The van der Waals surface area contributed by atoms with E-state index in [-0.39, 0.29) is 6.61 Å². The van der Waals surface area contributed by atoms with Gasteiger partial charge in [-0.2, -0.15) is 0 Å². The highest BCUT2D eigenvalue weighted by Gasteiger charge is 1.80. The molecule has 0 saturated carbocycles. The normalized spacial score (nSPS) is 9.00. The van der Waals surface area contributed by atoms with Gasteiger partial charge in [0.1, 0.15) is 0 Å². The van der Waals surface area contributed by atoms with Gasteiger partial charge < -0.3 is 11.5 Å². The second kappa shape index (κ2) is 8.38. The van der Waals surface area contributed by atoms with Crippen LogP contribution in [0.2, 0.25) is 0 Å². The van der Waals surface area contributed by atoms with Gasteiger partial charge in [-0.05, 0) is 30.7 Å². The summed E-state index contributed by atoms with van der Waals surface area (Å²) in [5.41, 5.74) is 12.2. The molecule has 1 aromatic rings. The lowest BCUT2D eigenvalue weighted by Gasteiger charge is -1.90. The first-order valence-electron chi connectivity index (χ1n) is 4.89. The molecular formula is C11H19N2O. The van der Waals surface area contributed by atoms with Crippen LogP contribution in [0.4, 0.5) is 11.4 Å². The van der Waals surface area contributed by atoms with Crippen LogP contribution >= 0.6 is 0 Å². The highest BCUT2D eigenvalue weighted by Crippen LogP contribution is 2.04. The maximum atomic E-state index is 9.69. The quantitative estimate of drug-likeness (QED) is 0.574. The highest BCUT2D eigenvalue weighted by atomic mass is 16.2. The van der Waals surface area contributed by atoms with Crippen LogP contribution in [0.25, 0.3) is 0 Å². The molecule has 1 aromatic carbocycles. The minimum Gasteiger partial charge on any atom is -0.399 e. The maximum absolute atomic E-state index is 9.69. The summed E-state index contributed by atoms with van der Waals surface area (Å²) < 4.78 is 0. The van der Waals surface area contributed by atoms with Crippen molar-refractivity contribution in [3.63, 3.8) is 0 Å². The molecule has 3 heteroatoms. The number of benzene rings is 1. The molecule has 79 valence electrons. The van der Waals surface area contributed by atoms with Crippen molar-refractivity contribution >= 4 is 11.4 Å². The zero-order chi connectivity index (χ0) is 10.8. The zero-order valence-corrected chi connectivity index (χ0v) is 8.70. The number of rotatable bonds is 3. The molecule has 0 atom stereocenters. The topological polar surface area (TPSA) is 71.9 Å². The third-order valence-electron chi connectivity index (χ3n) is 1.68. The van der Waals surface area contributed by atoms with Gasteiger partial charge in [0.25, 0.3) is 0 Å². The Morgan fingerprint density at radius 3 is 1.64 bits per heavy atom. The van der Waals surface area contributed by atoms with E-state index in [1.54, 1.807) is 24.3 Å². The highest BCUT2D eigenvalue weighted by molar-refractivity contribution is 5.47. The Balaban J connectivity index is 0.000000255. The van der Waals surface area contributed by atoms with Crippen LogP contribution in [0.1, 0.15) is 26.2 Å². The van der Waals surface area contributed by atoms with Crippen molar-refractivity contribution in [2.45, 2.75) is 26.2 Å². The first-order chi connectivity index (χ1) is 6.70. The summed E-state index contributed by atoms with van der Waals surface area (Å²) in [4.78, 5) is 0. The second-order valence-electron chi connectivity index (χ2n) is 3.08. The molecule has 14 heavy (non-hydrogen) atoms. The van der Waals surface area contributed by atoms with E-state index in [1.807, 2.05) is 0 Å². The molecule has 1 radical (unpaired) electrons. The summed E-state index contributed by atoms with van der Waals surface area (Å²) in [5.74, 6) is 0. The maximum Gasteiger partial charge on any atom is 0.0822 e. The van der Waals surface area contributed by atoms with Crippen molar-refractivity contribution in [3.05, 3.63) is 24.3 Å². The van der Waals surface area contributed by atoms with Gasteiger partial charge in [-0.3, -0.25) is 0 Å². The molecule has 0 unspecified atom stereocenters. The van der Waals surface area contributed by atoms with E-state index >= 15 is 0 Å². The molecule has 3 nitrogen and oxygen atoms in total. The van der Waals surface area contributed by atoms with Crippen LogP contribution in [0.15, 0.2) is 24.3 Å². The average molecular weight is 195 g/mol. The lowest BCUT2D eigenvalue weighted by molar-refractivity contribution is 0.186. The van der Waals surface area contributed by atoms with E-state index in [0.717, 1.165) is 30.6 Å². The summed E-state index contributed by atoms with van der Waals surface area (Å²) in [6.45, 7) is 2.20. The summed E-state index contributed by atoms with van der Waals surface area (Å²) in [6.07, 6.45) is 3.11. The lowest BCUT2D eigenvalue weighted by atomic mass is 10.3. The Bertz CT molecular complexity index is 196. The molecule has 4 N–H and O–H groups in total. The molecule has 1 rings (SSSR count). The molecule has 0 saturated heterocycles. The molecule has 0 heterocycles. The number of hydrogen-bond acceptors (Lipinski definition) is 2. The van der Waals surface area contributed by atoms with Gasteiger partial charge in [0.05, 0.1) is 6.61 Å². The Hall–Kier alpha value is -1.22. The van der Waals surface area contributed by atoms with Gasteiger partial charge in [0, 0.05) is 11.4 Å². The van der Waals surface area contributed by atoms with Crippen LogP contribution in [0, 0.1) is 0 Å². The van der Waals surface area contributed by atoms with Gasteiger partial charge in [-0.15, -0.1) is 0 Å². The minimum absolute atomic E-state index is 0.105. The van der Waals surface area contributed by atoms with Crippen molar-refractivity contribution in [3.8, 4) is 0 Å². The Morgan fingerprint density at radius 2 is 1.43 bits per heavy atom. The Morgan fingerprint density at radius 1 is 1.00 bits per heavy atom. The molecule has 0 aromatic heterocycles. The Labute approximate surface area is 85.7 Å². The fourth-order valence-corrected chi connectivity index (χ4v) is 0.848. The number of anilines is 2. The van der Waals surface area contributed by atoms with Crippen molar-refractivity contribution in [1.82, 2.24) is 0 Å². The smallest absolute Gasteiger partial charge is 0.0822 e. The number of hydrogen-bond donors (Lipinski definition) is 2. The van der Waals surface area contributed by atoms with Gasteiger partial charge in [0.2, 0.25) is 0 Å². The van der Waals surface area contributed by atoms with Crippen LogP contribution in [-0.4, -0.2) is 6.61 Å².